The van der Waals surface area contributed by atoms with Gasteiger partial charge in [-0.15, -0.1) is 0 Å². The van der Waals surface area contributed by atoms with E-state index >= 15 is 0 Å². The maximum Gasteiger partial charge on any atom is 0.226 e. The summed E-state index contributed by atoms with van der Waals surface area (Å²) in [6.45, 7) is 9.61. The Kier molecular flexibility index (Phi) is 8.72. The zero-order valence-electron chi connectivity index (χ0n) is 15.7. The number of ether oxygens (including phenoxy) is 1. The minimum absolute atomic E-state index is 0.105. The first-order chi connectivity index (χ1) is 11.8. The van der Waals surface area contributed by atoms with Crippen LogP contribution in [-0.2, 0) is 9.53 Å². The molecule has 6 nitrogen and oxygen atoms in total. The number of aliphatic imine (C=N–C) groups is 1. The molecule has 140 valence electrons. The van der Waals surface area contributed by atoms with Gasteiger partial charge in [-0.2, -0.15) is 0 Å². The lowest BCUT2D eigenvalue weighted by Crippen LogP contribution is -2.40. The van der Waals surface area contributed by atoms with E-state index < -0.39 is 0 Å². The Hall–Kier alpha value is -1.79. The van der Waals surface area contributed by atoms with E-state index in [0.29, 0.717) is 36.2 Å². The highest BCUT2D eigenvalue weighted by Gasteiger charge is 2.15. The maximum atomic E-state index is 12.1. The molecule has 0 atom stereocenters. The van der Waals surface area contributed by atoms with Crippen LogP contribution in [0.4, 0.5) is 5.69 Å². The van der Waals surface area contributed by atoms with Crippen molar-refractivity contribution in [3.8, 4) is 0 Å². The van der Waals surface area contributed by atoms with Gasteiger partial charge in [-0.3, -0.25) is 9.79 Å². The summed E-state index contributed by atoms with van der Waals surface area (Å²) < 4.78 is 5.36. The summed E-state index contributed by atoms with van der Waals surface area (Å²) in [7, 11) is 1.66. The number of benzene rings is 1. The third kappa shape index (κ3) is 8.23. The van der Waals surface area contributed by atoms with Gasteiger partial charge in [0.15, 0.2) is 5.96 Å². The molecule has 0 radical (unpaired) electrons. The van der Waals surface area contributed by atoms with Crippen molar-refractivity contribution in [2.75, 3.05) is 32.1 Å². The summed E-state index contributed by atoms with van der Waals surface area (Å²) in [5.41, 5.74) is 1.34. The van der Waals surface area contributed by atoms with E-state index in [2.05, 4.69) is 20.9 Å². The Labute approximate surface area is 155 Å². The molecule has 1 rings (SSSR count). The van der Waals surface area contributed by atoms with Crippen molar-refractivity contribution in [2.45, 2.75) is 39.7 Å². The van der Waals surface area contributed by atoms with Gasteiger partial charge in [0.25, 0.3) is 0 Å². The van der Waals surface area contributed by atoms with Crippen LogP contribution in [0.3, 0.4) is 0 Å². The number of anilines is 1. The minimum Gasteiger partial charge on any atom is -0.377 e. The Morgan fingerprint density at radius 1 is 1.32 bits per heavy atom. The van der Waals surface area contributed by atoms with Crippen LogP contribution < -0.4 is 16.0 Å². The molecule has 7 heteroatoms. The Morgan fingerprint density at radius 3 is 2.64 bits per heavy atom. The fraction of sp³-hybridized carbons (Fsp3) is 0.556. The minimum atomic E-state index is -0.331. The van der Waals surface area contributed by atoms with Crippen LogP contribution in [0.1, 0.15) is 32.8 Å². The van der Waals surface area contributed by atoms with Crippen molar-refractivity contribution in [3.63, 3.8) is 0 Å². The Bertz CT molecular complexity index is 603. The lowest BCUT2D eigenvalue weighted by molar-refractivity contribution is -0.116. The lowest BCUT2D eigenvalue weighted by Gasteiger charge is -2.21. The van der Waals surface area contributed by atoms with Crippen molar-refractivity contribution in [2.24, 2.45) is 4.99 Å². The highest BCUT2D eigenvalue weighted by molar-refractivity contribution is 6.33. The number of carbonyl (C=O) groups excluding carboxylic acids is 1. The van der Waals surface area contributed by atoms with Crippen LogP contribution in [0.15, 0.2) is 23.2 Å². The van der Waals surface area contributed by atoms with E-state index in [1.54, 1.807) is 13.2 Å². The standard InChI is InChI=1S/C18H29ClN4O2/c1-6-20-17(22-12-18(3,4)25-5)21-10-9-16(24)23-15-8-7-13(2)11-14(15)19/h7-8,11H,6,9-10,12H2,1-5H3,(H,23,24)(H2,20,21,22). The number of halogens is 1. The molecule has 0 unspecified atom stereocenters. The fourth-order valence-corrected chi connectivity index (χ4v) is 2.19. The first-order valence-corrected chi connectivity index (χ1v) is 8.78. The quantitative estimate of drug-likeness (QED) is 0.487. The molecule has 0 spiro atoms. The van der Waals surface area contributed by atoms with Crippen LogP contribution in [0.2, 0.25) is 5.02 Å². The summed E-state index contributed by atoms with van der Waals surface area (Å²) in [4.78, 5) is 16.5. The van der Waals surface area contributed by atoms with E-state index in [4.69, 9.17) is 16.3 Å². The first kappa shape index (κ1) is 21.3. The second-order valence-corrected chi connectivity index (χ2v) is 6.77. The largest absolute Gasteiger partial charge is 0.377 e. The highest BCUT2D eigenvalue weighted by atomic mass is 35.5. The van der Waals surface area contributed by atoms with Crippen molar-refractivity contribution in [3.05, 3.63) is 28.8 Å². The van der Waals surface area contributed by atoms with Crippen LogP contribution in [0, 0.1) is 6.92 Å². The predicted octanol–water partition coefficient (Wildman–Crippen LogP) is 2.96. The van der Waals surface area contributed by atoms with Gasteiger partial charge in [-0.1, -0.05) is 17.7 Å². The van der Waals surface area contributed by atoms with Crippen LogP contribution in [0.5, 0.6) is 0 Å². The van der Waals surface area contributed by atoms with Gasteiger partial charge in [-0.25, -0.2) is 0 Å². The fourth-order valence-electron chi connectivity index (χ4n) is 1.90. The first-order valence-electron chi connectivity index (χ1n) is 8.40. The van der Waals surface area contributed by atoms with Crippen molar-refractivity contribution in [1.29, 1.82) is 0 Å². The number of nitrogens with zero attached hydrogens (tertiary/aromatic N) is 1. The number of guanidine groups is 1. The smallest absolute Gasteiger partial charge is 0.226 e. The SMILES string of the molecule is CCNC(=NCC(C)(C)OC)NCCC(=O)Nc1ccc(C)cc1Cl. The third-order valence-corrected chi connectivity index (χ3v) is 3.87. The second kappa shape index (κ2) is 10.3. The monoisotopic (exact) mass is 368 g/mol. The lowest BCUT2D eigenvalue weighted by atomic mass is 10.1. The van der Waals surface area contributed by atoms with E-state index in [1.807, 2.05) is 39.8 Å². The van der Waals surface area contributed by atoms with E-state index in [1.165, 1.54) is 0 Å². The number of methoxy groups -OCH3 is 1. The molecule has 3 N–H and O–H groups in total. The normalized spacial score (nSPS) is 12.0. The maximum absolute atomic E-state index is 12.1. The summed E-state index contributed by atoms with van der Waals surface area (Å²) >= 11 is 6.13. The second-order valence-electron chi connectivity index (χ2n) is 6.37. The number of carbonyl (C=O) groups is 1. The van der Waals surface area contributed by atoms with E-state index in [-0.39, 0.29) is 11.5 Å². The molecule has 0 aliphatic carbocycles. The molecule has 0 fully saturated rings. The number of amides is 1. The number of aryl methyl sites for hydroxylation is 1. The number of nitrogens with one attached hydrogen (secondary N) is 3. The molecule has 0 aromatic heterocycles. The molecule has 0 aliphatic rings. The molecular formula is C18H29ClN4O2. The molecule has 0 saturated carbocycles. The molecule has 0 heterocycles. The van der Waals surface area contributed by atoms with Crippen LogP contribution >= 0.6 is 11.6 Å². The molecule has 1 aromatic carbocycles. The van der Waals surface area contributed by atoms with Crippen LogP contribution in [0.25, 0.3) is 0 Å². The topological polar surface area (TPSA) is 74.8 Å². The summed E-state index contributed by atoms with van der Waals surface area (Å²) in [5, 5.41) is 9.65. The number of rotatable bonds is 8. The van der Waals surface area contributed by atoms with Gasteiger partial charge in [0.1, 0.15) is 0 Å². The zero-order chi connectivity index (χ0) is 18.9. The molecule has 0 saturated heterocycles. The Morgan fingerprint density at radius 2 is 2.04 bits per heavy atom. The predicted molar refractivity (Wildman–Crippen MR) is 105 cm³/mol. The number of hydrogen-bond acceptors (Lipinski definition) is 3. The zero-order valence-corrected chi connectivity index (χ0v) is 16.5. The average molecular weight is 369 g/mol. The van der Waals surface area contributed by atoms with Gasteiger partial charge in [-0.05, 0) is 45.4 Å². The van der Waals surface area contributed by atoms with Gasteiger partial charge in [0, 0.05) is 26.6 Å². The highest BCUT2D eigenvalue weighted by Crippen LogP contribution is 2.22. The van der Waals surface area contributed by atoms with Crippen LogP contribution in [-0.4, -0.2) is 44.2 Å². The average Bonchev–Trinajstić information content (AvgIpc) is 2.55. The molecule has 25 heavy (non-hydrogen) atoms. The van der Waals surface area contributed by atoms with Gasteiger partial charge >= 0.3 is 0 Å². The molecule has 1 aromatic rings. The molecule has 0 aliphatic heterocycles. The van der Waals surface area contributed by atoms with Crippen molar-refractivity contribution in [1.82, 2.24) is 10.6 Å². The summed E-state index contributed by atoms with van der Waals surface area (Å²) in [5.74, 6) is 0.556. The Balaban J connectivity index is 2.49. The van der Waals surface area contributed by atoms with Gasteiger partial charge in [0.05, 0.1) is 22.9 Å². The molecule has 1 amide bonds. The molecule has 0 bridgehead atoms. The number of hydrogen-bond donors (Lipinski definition) is 3. The van der Waals surface area contributed by atoms with E-state index in [0.717, 1.165) is 12.1 Å². The summed E-state index contributed by atoms with van der Waals surface area (Å²) in [6.07, 6.45) is 0.308. The van der Waals surface area contributed by atoms with Crippen molar-refractivity contribution >= 4 is 29.2 Å². The van der Waals surface area contributed by atoms with E-state index in [9.17, 15) is 4.79 Å². The third-order valence-electron chi connectivity index (χ3n) is 3.56. The van der Waals surface area contributed by atoms with Crippen molar-refractivity contribution < 1.29 is 9.53 Å². The summed E-state index contributed by atoms with van der Waals surface area (Å²) in [6, 6.07) is 5.54. The van der Waals surface area contributed by atoms with Gasteiger partial charge in [0.2, 0.25) is 5.91 Å². The molecular weight excluding hydrogens is 340 g/mol. The van der Waals surface area contributed by atoms with Gasteiger partial charge < -0.3 is 20.7 Å².